The summed E-state index contributed by atoms with van der Waals surface area (Å²) in [6, 6.07) is 4.53. The number of benzene rings is 1. The molecule has 1 N–H and O–H groups in total. The van der Waals surface area contributed by atoms with E-state index in [2.05, 4.69) is 10.2 Å². The molecule has 0 saturated carbocycles. The number of amides is 2. The van der Waals surface area contributed by atoms with E-state index in [9.17, 15) is 19.5 Å². The summed E-state index contributed by atoms with van der Waals surface area (Å²) in [6.45, 7) is 8.03. The Balaban J connectivity index is 0.00000363. The van der Waals surface area contributed by atoms with Crippen molar-refractivity contribution in [1.29, 1.82) is 0 Å². The number of rotatable bonds is 7. The molecule has 2 amide bonds. The van der Waals surface area contributed by atoms with Gasteiger partial charge < -0.3 is 5.11 Å². The molecular formula is C21H25CuN5O4S+2. The topological polar surface area (TPSA) is 109 Å². The number of carbonyl (C=O) groups excluding carboxylic acids is 2. The van der Waals surface area contributed by atoms with Gasteiger partial charge in [-0.15, -0.1) is 10.2 Å². The molecule has 1 aromatic heterocycles. The second-order valence-corrected chi connectivity index (χ2v) is 7.46. The number of fused-ring (bicyclic) bond motifs is 1. The van der Waals surface area contributed by atoms with Gasteiger partial charge in [0.05, 0.1) is 16.8 Å². The van der Waals surface area contributed by atoms with E-state index in [4.69, 9.17) is 12.2 Å². The largest absolute Gasteiger partial charge is 2.00 e. The van der Waals surface area contributed by atoms with Crippen LogP contribution >= 0.6 is 12.2 Å². The van der Waals surface area contributed by atoms with Crippen LogP contribution in [0.2, 0.25) is 0 Å². The maximum atomic E-state index is 13.0. The van der Waals surface area contributed by atoms with Gasteiger partial charge in [-0.2, -0.15) is 0 Å². The number of hydrogen-bond acceptors (Lipinski definition) is 7. The smallest absolute Gasteiger partial charge is 0.493 e. The minimum atomic E-state index is -0.577. The van der Waals surface area contributed by atoms with Crippen LogP contribution in [0, 0.1) is 4.77 Å². The quantitative estimate of drug-likeness (QED) is 0.260. The molecule has 1 radical (unpaired) electrons. The standard InChI is InChI=1S/C21H25N5O4S.Cu/c1-5-12(6-2)26-17(27)13-10-9-11-14(15(13)18(26)28)22-23-16-19(29)24(7-3)21(31)25(8-4)20(16)30;/h9-12,29H,5-8H2,1-4H3;/q;+2. The van der Waals surface area contributed by atoms with Gasteiger partial charge in [-0.25, -0.2) is 0 Å². The number of imide groups is 1. The Bertz CT molecular complexity index is 1200. The summed E-state index contributed by atoms with van der Waals surface area (Å²) in [7, 11) is 0. The Morgan fingerprint density at radius 3 is 2.16 bits per heavy atom. The molecule has 173 valence electrons. The van der Waals surface area contributed by atoms with Gasteiger partial charge in [-0.1, -0.05) is 19.9 Å². The van der Waals surface area contributed by atoms with Crippen molar-refractivity contribution >= 4 is 35.4 Å². The molecular weight excluding hydrogens is 482 g/mol. The second-order valence-electron chi connectivity index (χ2n) is 7.10. The van der Waals surface area contributed by atoms with Crippen LogP contribution in [0.25, 0.3) is 0 Å². The minimum Gasteiger partial charge on any atom is -0.493 e. The number of nitrogens with zero attached hydrogens (tertiary/aromatic N) is 5. The van der Waals surface area contributed by atoms with Crippen molar-refractivity contribution in [3.8, 4) is 5.88 Å². The van der Waals surface area contributed by atoms with Crippen LogP contribution < -0.4 is 5.56 Å². The average Bonchev–Trinajstić information content (AvgIpc) is 3.01. The van der Waals surface area contributed by atoms with Gasteiger partial charge >= 0.3 is 17.1 Å². The number of carbonyl (C=O) groups is 2. The molecule has 1 aliphatic rings. The molecule has 0 saturated heterocycles. The van der Waals surface area contributed by atoms with Gasteiger partial charge in [0.2, 0.25) is 11.6 Å². The molecule has 11 heteroatoms. The molecule has 0 aliphatic carbocycles. The van der Waals surface area contributed by atoms with Crippen LogP contribution in [0.4, 0.5) is 11.4 Å². The van der Waals surface area contributed by atoms with Crippen molar-refractivity contribution in [1.82, 2.24) is 14.0 Å². The Morgan fingerprint density at radius 1 is 0.969 bits per heavy atom. The van der Waals surface area contributed by atoms with Crippen molar-refractivity contribution in [2.24, 2.45) is 10.2 Å². The molecule has 32 heavy (non-hydrogen) atoms. The predicted molar refractivity (Wildman–Crippen MR) is 118 cm³/mol. The van der Waals surface area contributed by atoms with E-state index in [1.165, 1.54) is 14.0 Å². The summed E-state index contributed by atoms with van der Waals surface area (Å²) >= 11 is 5.26. The van der Waals surface area contributed by atoms with Crippen molar-refractivity contribution < 1.29 is 31.8 Å². The van der Waals surface area contributed by atoms with E-state index in [-0.39, 0.29) is 62.2 Å². The summed E-state index contributed by atoms with van der Waals surface area (Å²) in [5, 5.41) is 18.6. The molecule has 0 fully saturated rings. The molecule has 1 aliphatic heterocycles. The van der Waals surface area contributed by atoms with Gasteiger partial charge in [0.1, 0.15) is 0 Å². The molecule has 0 spiro atoms. The van der Waals surface area contributed by atoms with Crippen LogP contribution in [-0.4, -0.2) is 37.0 Å². The van der Waals surface area contributed by atoms with Crippen molar-refractivity contribution in [2.75, 3.05) is 0 Å². The Hall–Kier alpha value is -2.62. The Morgan fingerprint density at radius 2 is 1.59 bits per heavy atom. The zero-order valence-electron chi connectivity index (χ0n) is 18.3. The normalized spacial score (nSPS) is 13.2. The fourth-order valence-corrected chi connectivity index (χ4v) is 4.21. The SMILES string of the molecule is CCC(CC)N1C(=O)c2cccc(N=Nc3c(O)n(CC)c(=S)n(CC)c3=O)c2C1=O.[Cu+2]. The first-order chi connectivity index (χ1) is 14.8. The predicted octanol–water partition coefficient (Wildman–Crippen LogP) is 4.32. The monoisotopic (exact) mass is 506 g/mol. The molecule has 0 atom stereocenters. The molecule has 2 heterocycles. The molecule has 9 nitrogen and oxygen atoms in total. The first-order valence-electron chi connectivity index (χ1n) is 10.3. The van der Waals surface area contributed by atoms with E-state index in [0.29, 0.717) is 25.9 Å². The first-order valence-corrected chi connectivity index (χ1v) is 10.7. The molecule has 1 aromatic carbocycles. The fourth-order valence-electron chi connectivity index (χ4n) is 3.78. The summed E-state index contributed by atoms with van der Waals surface area (Å²) in [5.41, 5.74) is -0.276. The summed E-state index contributed by atoms with van der Waals surface area (Å²) in [5.74, 6) is -1.18. The van der Waals surface area contributed by atoms with Crippen LogP contribution in [0.5, 0.6) is 5.88 Å². The van der Waals surface area contributed by atoms with Crippen molar-refractivity contribution in [3.05, 3.63) is 44.5 Å². The number of hydrogen-bond donors (Lipinski definition) is 1. The number of aromatic hydroxyl groups is 1. The molecule has 0 unspecified atom stereocenters. The minimum absolute atomic E-state index is 0. The van der Waals surface area contributed by atoms with Gasteiger partial charge in [-0.05, 0) is 51.0 Å². The van der Waals surface area contributed by atoms with Gasteiger partial charge in [-0.3, -0.25) is 28.4 Å². The molecule has 3 rings (SSSR count). The summed E-state index contributed by atoms with van der Waals surface area (Å²) in [6.07, 6.45) is 1.29. The van der Waals surface area contributed by atoms with E-state index >= 15 is 0 Å². The first kappa shape index (κ1) is 25.6. The third kappa shape index (κ3) is 4.07. The second kappa shape index (κ2) is 10.3. The third-order valence-corrected chi connectivity index (χ3v) is 5.94. The van der Waals surface area contributed by atoms with Crippen LogP contribution in [0.1, 0.15) is 61.3 Å². The van der Waals surface area contributed by atoms with Crippen LogP contribution in [0.3, 0.4) is 0 Å². The molecule has 2 aromatic rings. The zero-order valence-corrected chi connectivity index (χ0v) is 20.0. The van der Waals surface area contributed by atoms with Gasteiger partial charge in [0.15, 0.2) is 4.77 Å². The maximum absolute atomic E-state index is 13.0. The third-order valence-electron chi connectivity index (χ3n) is 5.50. The summed E-state index contributed by atoms with van der Waals surface area (Å²) < 4.78 is 2.88. The Labute approximate surface area is 201 Å². The van der Waals surface area contributed by atoms with Crippen LogP contribution in [-0.2, 0) is 30.2 Å². The van der Waals surface area contributed by atoms with E-state index in [0.717, 1.165) is 0 Å². The van der Waals surface area contributed by atoms with Crippen molar-refractivity contribution in [3.63, 3.8) is 0 Å². The summed E-state index contributed by atoms with van der Waals surface area (Å²) in [4.78, 5) is 39.9. The van der Waals surface area contributed by atoms with Gasteiger partial charge in [0, 0.05) is 19.1 Å². The fraction of sp³-hybridized carbons (Fsp3) is 0.429. The number of azo groups is 1. The average molecular weight is 507 g/mol. The van der Waals surface area contributed by atoms with Gasteiger partial charge in [0.25, 0.3) is 17.4 Å². The van der Waals surface area contributed by atoms with E-state index in [1.807, 2.05) is 13.8 Å². The van der Waals surface area contributed by atoms with E-state index in [1.54, 1.807) is 32.0 Å². The number of aromatic nitrogens is 2. The van der Waals surface area contributed by atoms with Crippen molar-refractivity contribution in [2.45, 2.75) is 59.7 Å². The zero-order chi connectivity index (χ0) is 22.9. The van der Waals surface area contributed by atoms with Crippen LogP contribution in [0.15, 0.2) is 33.2 Å². The van der Waals surface area contributed by atoms with E-state index < -0.39 is 11.5 Å². The Kier molecular flexibility index (Phi) is 8.28. The maximum Gasteiger partial charge on any atom is 2.00 e. The molecule has 0 bridgehead atoms.